The van der Waals surface area contributed by atoms with Gasteiger partial charge in [-0.3, -0.25) is 24.7 Å². The largest absolute Gasteiger partial charge is 0.497 e. The molecule has 1 aromatic rings. The van der Waals surface area contributed by atoms with Crippen molar-refractivity contribution in [3.8, 4) is 5.75 Å². The van der Waals surface area contributed by atoms with E-state index < -0.39 is 17.5 Å². The van der Waals surface area contributed by atoms with Gasteiger partial charge in [0.2, 0.25) is 5.91 Å². The van der Waals surface area contributed by atoms with Gasteiger partial charge in [0.15, 0.2) is 0 Å². The first-order chi connectivity index (χ1) is 16.9. The van der Waals surface area contributed by atoms with E-state index in [2.05, 4.69) is 10.7 Å². The molecule has 2 heterocycles. The van der Waals surface area contributed by atoms with Gasteiger partial charge in [0.25, 0.3) is 11.8 Å². The van der Waals surface area contributed by atoms with Gasteiger partial charge < -0.3 is 15.0 Å². The summed E-state index contributed by atoms with van der Waals surface area (Å²) in [5.74, 6) is 0.130. The molecule has 0 atom stereocenters. The zero-order valence-electron chi connectivity index (χ0n) is 20.4. The second kappa shape index (κ2) is 11.1. The summed E-state index contributed by atoms with van der Waals surface area (Å²) in [6.07, 6.45) is 5.89. The maximum atomic E-state index is 12.9. The van der Waals surface area contributed by atoms with Crippen molar-refractivity contribution in [2.24, 2.45) is 0 Å². The number of hydrogen-bond donors (Lipinski definition) is 2. The van der Waals surface area contributed by atoms with Crippen molar-refractivity contribution in [2.75, 3.05) is 39.8 Å². The Kier molecular flexibility index (Phi) is 7.90. The molecular weight excluding hydrogens is 450 g/mol. The van der Waals surface area contributed by atoms with E-state index in [-0.39, 0.29) is 18.4 Å². The Morgan fingerprint density at radius 1 is 1.00 bits per heavy atom. The summed E-state index contributed by atoms with van der Waals surface area (Å²) in [7, 11) is 1.62. The topological polar surface area (TPSA) is 111 Å². The molecule has 1 aliphatic carbocycles. The number of carbonyl (C=O) groups excluding carboxylic acids is 4. The van der Waals surface area contributed by atoms with E-state index >= 15 is 0 Å². The molecule has 4 rings (SSSR count). The molecule has 5 amide bonds. The lowest BCUT2D eigenvalue weighted by atomic mass is 9.82. The van der Waals surface area contributed by atoms with Crippen LogP contribution in [0.2, 0.25) is 0 Å². The fourth-order valence-electron chi connectivity index (χ4n) is 5.16. The normalized spacial score (nSPS) is 20.5. The van der Waals surface area contributed by atoms with Gasteiger partial charge in [-0.15, -0.1) is 0 Å². The zero-order valence-corrected chi connectivity index (χ0v) is 20.4. The predicted octanol–water partition coefficient (Wildman–Crippen LogP) is 1.45. The fourth-order valence-corrected chi connectivity index (χ4v) is 5.16. The third kappa shape index (κ3) is 5.93. The number of benzene rings is 1. The van der Waals surface area contributed by atoms with E-state index in [1.54, 1.807) is 7.11 Å². The van der Waals surface area contributed by atoms with Gasteiger partial charge in [0, 0.05) is 32.6 Å². The highest BCUT2D eigenvalue weighted by atomic mass is 16.5. The summed E-state index contributed by atoms with van der Waals surface area (Å²) in [5.41, 5.74) is 2.72. The number of ether oxygens (including phenoxy) is 1. The van der Waals surface area contributed by atoms with E-state index in [0.29, 0.717) is 51.9 Å². The van der Waals surface area contributed by atoms with Crippen LogP contribution in [0.3, 0.4) is 0 Å². The number of carbonyl (C=O) groups is 4. The smallest absolute Gasteiger partial charge is 0.344 e. The quantitative estimate of drug-likeness (QED) is 0.566. The fraction of sp³-hybridized carbons (Fsp3) is 0.600. The molecule has 2 N–H and O–H groups in total. The molecule has 2 aliphatic heterocycles. The Morgan fingerprint density at radius 3 is 2.46 bits per heavy atom. The second-order valence-electron chi connectivity index (χ2n) is 9.61. The lowest BCUT2D eigenvalue weighted by molar-refractivity contribution is -0.140. The van der Waals surface area contributed by atoms with Crippen molar-refractivity contribution in [1.82, 2.24) is 25.6 Å². The first-order valence-corrected chi connectivity index (χ1v) is 12.5. The monoisotopic (exact) mass is 485 g/mol. The van der Waals surface area contributed by atoms with Gasteiger partial charge in [-0.1, -0.05) is 31.4 Å². The van der Waals surface area contributed by atoms with Crippen LogP contribution in [0.25, 0.3) is 0 Å². The molecular formula is C25H35N5O5. The number of rotatable bonds is 7. The van der Waals surface area contributed by atoms with Crippen LogP contribution >= 0.6 is 0 Å². The number of hydrogen-bond acceptors (Lipinski definition) is 6. The lowest BCUT2D eigenvalue weighted by Crippen LogP contribution is -2.52. The Bertz CT molecular complexity index is 944. The van der Waals surface area contributed by atoms with Crippen LogP contribution in [-0.4, -0.2) is 83.9 Å². The molecule has 0 unspecified atom stereocenters. The van der Waals surface area contributed by atoms with Crippen molar-refractivity contribution < 1.29 is 23.9 Å². The van der Waals surface area contributed by atoms with E-state index in [1.165, 1.54) is 0 Å². The van der Waals surface area contributed by atoms with Crippen molar-refractivity contribution in [2.45, 2.75) is 56.9 Å². The molecule has 35 heavy (non-hydrogen) atoms. The maximum Gasteiger partial charge on any atom is 0.344 e. The molecule has 3 aliphatic rings. The van der Waals surface area contributed by atoms with E-state index in [4.69, 9.17) is 4.74 Å². The summed E-state index contributed by atoms with van der Waals surface area (Å²) in [6, 6.07) is 7.16. The van der Waals surface area contributed by atoms with Crippen LogP contribution < -0.4 is 15.5 Å². The van der Waals surface area contributed by atoms with Crippen molar-refractivity contribution in [3.63, 3.8) is 0 Å². The standard InChI is InChI=1S/C25H35N5O5/c1-35-20-9-6-19(7-10-20)8-11-22(32)29-15-5-14-28(16-17-29)18-21(31)27-30-23(33)25(26-24(30)34)12-3-2-4-13-25/h6-7,9-10H,2-5,8,11-18H2,1H3,(H,26,34)(H,27,31). The number of hydrazine groups is 1. The van der Waals surface area contributed by atoms with Gasteiger partial charge in [0.05, 0.1) is 13.7 Å². The summed E-state index contributed by atoms with van der Waals surface area (Å²) < 4.78 is 5.17. The highest BCUT2D eigenvalue weighted by Gasteiger charge is 2.52. The Hall–Kier alpha value is -3.14. The average Bonchev–Trinajstić information content (AvgIpc) is 3.02. The van der Waals surface area contributed by atoms with Crippen LogP contribution in [0.4, 0.5) is 4.79 Å². The lowest BCUT2D eigenvalue weighted by Gasteiger charge is -2.30. The van der Waals surface area contributed by atoms with Gasteiger partial charge in [-0.05, 0) is 43.4 Å². The number of imide groups is 1. The minimum absolute atomic E-state index is 0.0674. The van der Waals surface area contributed by atoms with Crippen molar-refractivity contribution in [1.29, 1.82) is 0 Å². The van der Waals surface area contributed by atoms with Crippen LogP contribution in [0.5, 0.6) is 5.75 Å². The molecule has 0 radical (unpaired) electrons. The zero-order chi connectivity index (χ0) is 24.8. The van der Waals surface area contributed by atoms with Crippen LogP contribution in [0, 0.1) is 0 Å². The first kappa shape index (κ1) is 25.0. The number of methoxy groups -OCH3 is 1. The first-order valence-electron chi connectivity index (χ1n) is 12.5. The number of amides is 5. The molecule has 1 saturated carbocycles. The van der Waals surface area contributed by atoms with E-state index in [9.17, 15) is 19.2 Å². The number of aryl methyl sites for hydroxylation is 1. The van der Waals surface area contributed by atoms with Gasteiger partial charge in [-0.2, -0.15) is 5.01 Å². The molecule has 2 saturated heterocycles. The van der Waals surface area contributed by atoms with Crippen LogP contribution in [0.15, 0.2) is 24.3 Å². The summed E-state index contributed by atoms with van der Waals surface area (Å²) in [4.78, 5) is 54.4. The predicted molar refractivity (Wildman–Crippen MR) is 128 cm³/mol. The van der Waals surface area contributed by atoms with Crippen molar-refractivity contribution in [3.05, 3.63) is 29.8 Å². The Morgan fingerprint density at radius 2 is 1.74 bits per heavy atom. The highest BCUT2D eigenvalue weighted by Crippen LogP contribution is 2.33. The van der Waals surface area contributed by atoms with Crippen LogP contribution in [-0.2, 0) is 20.8 Å². The third-order valence-electron chi connectivity index (χ3n) is 7.20. The van der Waals surface area contributed by atoms with E-state index in [0.717, 1.165) is 42.0 Å². The minimum Gasteiger partial charge on any atom is -0.497 e. The Balaban J connectivity index is 1.22. The average molecular weight is 486 g/mol. The number of nitrogens with one attached hydrogen (secondary N) is 2. The molecule has 1 spiro atoms. The number of urea groups is 1. The molecule has 0 aromatic heterocycles. The molecule has 1 aromatic carbocycles. The molecule has 190 valence electrons. The molecule has 10 nitrogen and oxygen atoms in total. The van der Waals surface area contributed by atoms with Gasteiger partial charge >= 0.3 is 6.03 Å². The highest BCUT2D eigenvalue weighted by molar-refractivity contribution is 6.08. The summed E-state index contributed by atoms with van der Waals surface area (Å²) >= 11 is 0. The molecule has 10 heteroatoms. The van der Waals surface area contributed by atoms with E-state index in [1.807, 2.05) is 34.1 Å². The van der Waals surface area contributed by atoms with Crippen LogP contribution in [0.1, 0.15) is 50.5 Å². The minimum atomic E-state index is -0.863. The SMILES string of the molecule is COc1ccc(CCC(=O)N2CCCN(CC(=O)NN3C(=O)NC4(CCCCC4)C3=O)CC2)cc1. The molecule has 3 fully saturated rings. The van der Waals surface area contributed by atoms with Crippen molar-refractivity contribution >= 4 is 23.8 Å². The van der Waals surface area contributed by atoms with Gasteiger partial charge in [0.1, 0.15) is 11.3 Å². The third-order valence-corrected chi connectivity index (χ3v) is 7.20. The summed E-state index contributed by atoms with van der Waals surface area (Å²) in [6.45, 7) is 2.49. The number of nitrogens with zero attached hydrogens (tertiary/aromatic N) is 3. The molecule has 0 bridgehead atoms. The maximum absolute atomic E-state index is 12.9. The Labute approximate surface area is 205 Å². The van der Waals surface area contributed by atoms with Gasteiger partial charge in [-0.25, -0.2) is 4.79 Å². The summed E-state index contributed by atoms with van der Waals surface area (Å²) in [5, 5.41) is 3.64. The second-order valence-corrected chi connectivity index (χ2v) is 9.61.